The molecular weight excluding hydrogens is 300 g/mol. The number of nitrogens with zero attached hydrogens (tertiary/aromatic N) is 4. The van der Waals surface area contributed by atoms with Crippen LogP contribution in [0.1, 0.15) is 21.6 Å². The van der Waals surface area contributed by atoms with Gasteiger partial charge < -0.3 is 4.90 Å². The zero-order valence-electron chi connectivity index (χ0n) is 12.3. The van der Waals surface area contributed by atoms with Crippen LogP contribution in [0.2, 0.25) is 5.02 Å². The summed E-state index contributed by atoms with van der Waals surface area (Å²) >= 11 is 5.88. The van der Waals surface area contributed by atoms with Gasteiger partial charge in [0.05, 0.1) is 5.69 Å². The fraction of sp³-hybridized carbons (Fsp3) is 0.188. The molecule has 0 atom stereocenters. The molecule has 112 valence electrons. The first kappa shape index (κ1) is 14.5. The zero-order valence-corrected chi connectivity index (χ0v) is 13.1. The van der Waals surface area contributed by atoms with Crippen LogP contribution in [0.4, 0.5) is 0 Å². The van der Waals surface area contributed by atoms with E-state index in [-0.39, 0.29) is 5.91 Å². The Morgan fingerprint density at radius 3 is 2.77 bits per heavy atom. The lowest BCUT2D eigenvalue weighted by Crippen LogP contribution is -2.26. The van der Waals surface area contributed by atoms with Crippen molar-refractivity contribution in [2.24, 2.45) is 0 Å². The molecule has 1 amide bonds. The molecule has 0 N–H and O–H groups in total. The van der Waals surface area contributed by atoms with E-state index in [9.17, 15) is 4.79 Å². The standard InChI is InChI=1S/C16H15ClN4O/c1-11-14(15-18-8-3-9-21(15)19-11)16(22)20(2)10-12-4-6-13(17)7-5-12/h3-9H,10H2,1-2H3. The summed E-state index contributed by atoms with van der Waals surface area (Å²) in [7, 11) is 1.77. The molecular formula is C16H15ClN4O. The number of rotatable bonds is 3. The van der Waals surface area contributed by atoms with Crippen molar-refractivity contribution in [2.45, 2.75) is 13.5 Å². The second-order valence-electron chi connectivity index (χ2n) is 5.14. The number of halogens is 1. The summed E-state index contributed by atoms with van der Waals surface area (Å²) in [6.07, 6.45) is 3.44. The van der Waals surface area contributed by atoms with Crippen LogP contribution >= 0.6 is 11.6 Å². The molecule has 0 saturated heterocycles. The van der Waals surface area contributed by atoms with Crippen molar-refractivity contribution in [3.05, 3.63) is 64.6 Å². The Kier molecular flexibility index (Phi) is 3.81. The van der Waals surface area contributed by atoms with Gasteiger partial charge in [-0.25, -0.2) is 9.50 Å². The molecule has 22 heavy (non-hydrogen) atoms. The maximum Gasteiger partial charge on any atom is 0.259 e. The molecule has 5 nitrogen and oxygen atoms in total. The number of amides is 1. The summed E-state index contributed by atoms with van der Waals surface area (Å²) in [4.78, 5) is 18.6. The second-order valence-corrected chi connectivity index (χ2v) is 5.57. The van der Waals surface area contributed by atoms with Crippen molar-refractivity contribution >= 4 is 23.2 Å². The van der Waals surface area contributed by atoms with E-state index in [0.717, 1.165) is 5.56 Å². The quantitative estimate of drug-likeness (QED) is 0.747. The Bertz CT molecular complexity index is 826. The number of benzene rings is 1. The van der Waals surface area contributed by atoms with Gasteiger partial charge in [0.15, 0.2) is 5.65 Å². The number of aromatic nitrogens is 3. The smallest absolute Gasteiger partial charge is 0.259 e. The van der Waals surface area contributed by atoms with Crippen molar-refractivity contribution in [2.75, 3.05) is 7.05 Å². The highest BCUT2D eigenvalue weighted by Crippen LogP contribution is 2.17. The summed E-state index contributed by atoms with van der Waals surface area (Å²) in [5.41, 5.74) is 2.80. The van der Waals surface area contributed by atoms with Crippen molar-refractivity contribution in [1.29, 1.82) is 0 Å². The molecule has 2 aromatic heterocycles. The fourth-order valence-electron chi connectivity index (χ4n) is 2.37. The third-order valence-corrected chi connectivity index (χ3v) is 3.72. The molecule has 3 rings (SSSR count). The summed E-state index contributed by atoms with van der Waals surface area (Å²) in [5.74, 6) is -0.0962. The van der Waals surface area contributed by atoms with E-state index in [4.69, 9.17) is 11.6 Å². The Morgan fingerprint density at radius 2 is 2.05 bits per heavy atom. The second kappa shape index (κ2) is 5.77. The number of carbonyl (C=O) groups excluding carboxylic acids is 1. The van der Waals surface area contributed by atoms with Gasteiger partial charge in [0.25, 0.3) is 5.91 Å². The highest BCUT2D eigenvalue weighted by atomic mass is 35.5. The molecule has 6 heteroatoms. The molecule has 0 aliphatic rings. The average molecular weight is 315 g/mol. The van der Waals surface area contributed by atoms with E-state index in [1.54, 1.807) is 34.9 Å². The van der Waals surface area contributed by atoms with E-state index in [0.29, 0.717) is 28.5 Å². The lowest BCUT2D eigenvalue weighted by atomic mass is 10.2. The largest absolute Gasteiger partial charge is 0.337 e. The first-order valence-electron chi connectivity index (χ1n) is 6.86. The van der Waals surface area contributed by atoms with Crippen molar-refractivity contribution < 1.29 is 4.79 Å². The third kappa shape index (κ3) is 2.67. The molecule has 0 radical (unpaired) electrons. The minimum atomic E-state index is -0.0962. The lowest BCUT2D eigenvalue weighted by Gasteiger charge is -2.17. The SMILES string of the molecule is Cc1nn2cccnc2c1C(=O)N(C)Cc1ccc(Cl)cc1. The van der Waals surface area contributed by atoms with Crippen molar-refractivity contribution in [3.63, 3.8) is 0 Å². The van der Waals surface area contributed by atoms with Crippen LogP contribution < -0.4 is 0 Å². The minimum Gasteiger partial charge on any atom is -0.337 e. The molecule has 0 aliphatic carbocycles. The van der Waals surface area contributed by atoms with Gasteiger partial charge in [-0.05, 0) is 30.7 Å². The van der Waals surface area contributed by atoms with E-state index in [1.807, 2.05) is 31.2 Å². The summed E-state index contributed by atoms with van der Waals surface area (Å²) < 4.78 is 1.62. The molecule has 0 bridgehead atoms. The minimum absolute atomic E-state index is 0.0962. The van der Waals surface area contributed by atoms with Crippen LogP contribution in [0, 0.1) is 6.92 Å². The van der Waals surface area contributed by atoms with Crippen LogP contribution in [-0.4, -0.2) is 32.5 Å². The van der Waals surface area contributed by atoms with Gasteiger partial charge in [-0.1, -0.05) is 23.7 Å². The summed E-state index contributed by atoms with van der Waals surface area (Å²) in [5, 5.41) is 5.01. The van der Waals surface area contributed by atoms with Crippen LogP contribution in [-0.2, 0) is 6.54 Å². The summed E-state index contributed by atoms with van der Waals surface area (Å²) in [6.45, 7) is 2.32. The normalized spacial score (nSPS) is 10.9. The van der Waals surface area contributed by atoms with Gasteiger partial charge in [-0.2, -0.15) is 5.10 Å². The number of hydrogen-bond donors (Lipinski definition) is 0. The summed E-state index contributed by atoms with van der Waals surface area (Å²) in [6, 6.07) is 9.24. The molecule has 0 aliphatic heterocycles. The van der Waals surface area contributed by atoms with Crippen LogP contribution in [0.5, 0.6) is 0 Å². The molecule has 0 unspecified atom stereocenters. The maximum absolute atomic E-state index is 12.7. The van der Waals surface area contributed by atoms with E-state index in [2.05, 4.69) is 10.1 Å². The van der Waals surface area contributed by atoms with E-state index >= 15 is 0 Å². The zero-order chi connectivity index (χ0) is 15.7. The van der Waals surface area contributed by atoms with Gasteiger partial charge in [0.1, 0.15) is 5.56 Å². The van der Waals surface area contributed by atoms with Crippen molar-refractivity contribution in [1.82, 2.24) is 19.5 Å². The first-order chi connectivity index (χ1) is 10.6. The van der Waals surface area contributed by atoms with Gasteiger partial charge in [-0.15, -0.1) is 0 Å². The lowest BCUT2D eigenvalue weighted by molar-refractivity contribution is 0.0786. The Hall–Kier alpha value is -2.40. The topological polar surface area (TPSA) is 50.5 Å². The fourth-order valence-corrected chi connectivity index (χ4v) is 2.50. The number of fused-ring (bicyclic) bond motifs is 1. The highest BCUT2D eigenvalue weighted by molar-refractivity contribution is 6.30. The Balaban J connectivity index is 1.88. The number of carbonyl (C=O) groups is 1. The Labute approximate surface area is 133 Å². The van der Waals surface area contributed by atoms with E-state index in [1.165, 1.54) is 0 Å². The van der Waals surface area contributed by atoms with Crippen LogP contribution in [0.3, 0.4) is 0 Å². The molecule has 1 aromatic carbocycles. The van der Waals surface area contributed by atoms with Gasteiger partial charge in [-0.3, -0.25) is 4.79 Å². The molecule has 3 aromatic rings. The highest BCUT2D eigenvalue weighted by Gasteiger charge is 2.21. The molecule has 0 saturated carbocycles. The number of hydrogen-bond acceptors (Lipinski definition) is 3. The Morgan fingerprint density at radius 1 is 1.32 bits per heavy atom. The number of aryl methyl sites for hydroxylation is 1. The monoisotopic (exact) mass is 314 g/mol. The maximum atomic E-state index is 12.7. The van der Waals surface area contributed by atoms with Gasteiger partial charge in [0.2, 0.25) is 0 Å². The predicted molar refractivity (Wildman–Crippen MR) is 85.0 cm³/mol. The molecule has 0 spiro atoms. The molecule has 0 fully saturated rings. The average Bonchev–Trinajstić information content (AvgIpc) is 2.84. The predicted octanol–water partition coefficient (Wildman–Crippen LogP) is 2.96. The molecule has 2 heterocycles. The van der Waals surface area contributed by atoms with Gasteiger partial charge in [0, 0.05) is 31.0 Å². The van der Waals surface area contributed by atoms with Crippen LogP contribution in [0.15, 0.2) is 42.7 Å². The first-order valence-corrected chi connectivity index (χ1v) is 7.24. The van der Waals surface area contributed by atoms with Crippen LogP contribution in [0.25, 0.3) is 5.65 Å². The van der Waals surface area contributed by atoms with Gasteiger partial charge >= 0.3 is 0 Å². The van der Waals surface area contributed by atoms with E-state index < -0.39 is 0 Å². The third-order valence-electron chi connectivity index (χ3n) is 3.46. The van der Waals surface area contributed by atoms with Crippen molar-refractivity contribution in [3.8, 4) is 0 Å².